The third kappa shape index (κ3) is 2.50. The number of hydrogen-bond acceptors (Lipinski definition) is 5. The van der Waals surface area contributed by atoms with Crippen molar-refractivity contribution in [2.45, 2.75) is 6.54 Å². The Hall–Kier alpha value is -3.03. The first kappa shape index (κ1) is 13.0. The third-order valence-corrected chi connectivity index (χ3v) is 2.98. The van der Waals surface area contributed by atoms with E-state index >= 15 is 0 Å². The molecule has 3 heterocycles. The van der Waals surface area contributed by atoms with Gasteiger partial charge in [-0.25, -0.2) is 4.98 Å². The minimum Gasteiger partial charge on any atom is -0.323 e. The number of rotatable bonds is 3. The average molecular weight is 284 g/mol. The van der Waals surface area contributed by atoms with Crippen LogP contribution in [-0.2, 0) is 18.4 Å². The van der Waals surface area contributed by atoms with E-state index in [1.165, 1.54) is 28.0 Å². The SMILES string of the molecule is Cn1ncc2c(=O)n(CC(=O)Nc3cccnc3)cnc21. The van der Waals surface area contributed by atoms with Crippen LogP contribution in [0.15, 0.2) is 41.8 Å². The molecule has 0 saturated carbocycles. The number of anilines is 1. The van der Waals surface area contributed by atoms with Crippen molar-refractivity contribution in [2.75, 3.05) is 5.32 Å². The second-order valence-corrected chi connectivity index (χ2v) is 4.47. The van der Waals surface area contributed by atoms with Crippen LogP contribution in [0.3, 0.4) is 0 Å². The Balaban J connectivity index is 1.83. The number of nitrogens with one attached hydrogen (secondary N) is 1. The predicted molar refractivity (Wildman–Crippen MR) is 75.6 cm³/mol. The van der Waals surface area contributed by atoms with Crippen LogP contribution in [0.25, 0.3) is 11.0 Å². The summed E-state index contributed by atoms with van der Waals surface area (Å²) < 4.78 is 2.76. The van der Waals surface area contributed by atoms with Crippen molar-refractivity contribution in [1.82, 2.24) is 24.3 Å². The fourth-order valence-corrected chi connectivity index (χ4v) is 1.97. The van der Waals surface area contributed by atoms with Crippen molar-refractivity contribution in [2.24, 2.45) is 7.05 Å². The first-order valence-electron chi connectivity index (χ1n) is 6.22. The normalized spacial score (nSPS) is 10.7. The highest BCUT2D eigenvalue weighted by Gasteiger charge is 2.10. The van der Waals surface area contributed by atoms with Gasteiger partial charge in [0.1, 0.15) is 18.3 Å². The van der Waals surface area contributed by atoms with Crippen molar-refractivity contribution in [3.63, 3.8) is 0 Å². The third-order valence-electron chi connectivity index (χ3n) is 2.98. The zero-order valence-corrected chi connectivity index (χ0v) is 11.2. The predicted octanol–water partition coefficient (Wildman–Crippen LogP) is 0.164. The van der Waals surface area contributed by atoms with E-state index in [0.29, 0.717) is 16.7 Å². The Labute approximate surface area is 119 Å². The minimum atomic E-state index is -0.324. The molecule has 3 aromatic rings. The molecular formula is C13H12N6O2. The largest absolute Gasteiger partial charge is 0.323 e. The number of carbonyl (C=O) groups excluding carboxylic acids is 1. The number of aromatic nitrogens is 5. The van der Waals surface area contributed by atoms with Crippen LogP contribution in [0.5, 0.6) is 0 Å². The molecule has 0 bridgehead atoms. The highest BCUT2D eigenvalue weighted by atomic mass is 16.2. The molecule has 0 radical (unpaired) electrons. The average Bonchev–Trinajstić information content (AvgIpc) is 2.85. The Morgan fingerprint density at radius 3 is 3.00 bits per heavy atom. The number of hydrogen-bond donors (Lipinski definition) is 1. The fourth-order valence-electron chi connectivity index (χ4n) is 1.97. The molecule has 3 rings (SSSR count). The molecule has 0 aliphatic carbocycles. The van der Waals surface area contributed by atoms with Gasteiger partial charge in [-0.1, -0.05) is 0 Å². The Morgan fingerprint density at radius 2 is 2.24 bits per heavy atom. The summed E-state index contributed by atoms with van der Waals surface area (Å²) in [4.78, 5) is 32.2. The zero-order chi connectivity index (χ0) is 14.8. The van der Waals surface area contributed by atoms with Gasteiger partial charge >= 0.3 is 0 Å². The summed E-state index contributed by atoms with van der Waals surface area (Å²) in [5.74, 6) is -0.324. The number of fused-ring (bicyclic) bond motifs is 1. The summed E-state index contributed by atoms with van der Waals surface area (Å²) in [7, 11) is 1.70. The lowest BCUT2D eigenvalue weighted by molar-refractivity contribution is -0.116. The Bertz CT molecular complexity index is 852. The second kappa shape index (κ2) is 5.16. The second-order valence-electron chi connectivity index (χ2n) is 4.47. The van der Waals surface area contributed by atoms with Crippen LogP contribution in [-0.4, -0.2) is 30.2 Å². The molecule has 1 amide bonds. The number of carbonyl (C=O) groups is 1. The van der Waals surface area contributed by atoms with Crippen LogP contribution in [0.4, 0.5) is 5.69 Å². The maximum absolute atomic E-state index is 12.2. The van der Waals surface area contributed by atoms with E-state index in [9.17, 15) is 9.59 Å². The number of amides is 1. The topological polar surface area (TPSA) is 94.7 Å². The van der Waals surface area contributed by atoms with Crippen LogP contribution in [0.1, 0.15) is 0 Å². The molecule has 21 heavy (non-hydrogen) atoms. The maximum atomic E-state index is 12.2. The lowest BCUT2D eigenvalue weighted by Crippen LogP contribution is -2.27. The lowest BCUT2D eigenvalue weighted by atomic mass is 10.4. The molecule has 0 spiro atoms. The Morgan fingerprint density at radius 1 is 1.38 bits per heavy atom. The van der Waals surface area contributed by atoms with Crippen molar-refractivity contribution >= 4 is 22.6 Å². The molecule has 106 valence electrons. The molecule has 0 saturated heterocycles. The van der Waals surface area contributed by atoms with E-state index in [4.69, 9.17) is 0 Å². The number of nitrogens with zero attached hydrogens (tertiary/aromatic N) is 5. The summed E-state index contributed by atoms with van der Waals surface area (Å²) in [6, 6.07) is 3.43. The first-order valence-corrected chi connectivity index (χ1v) is 6.22. The molecular weight excluding hydrogens is 272 g/mol. The zero-order valence-electron chi connectivity index (χ0n) is 11.2. The van der Waals surface area contributed by atoms with E-state index in [0.717, 1.165) is 0 Å². The first-order chi connectivity index (χ1) is 10.1. The molecule has 3 aromatic heterocycles. The smallest absolute Gasteiger partial charge is 0.264 e. The minimum absolute atomic E-state index is 0.119. The van der Waals surface area contributed by atoms with E-state index in [-0.39, 0.29) is 18.0 Å². The van der Waals surface area contributed by atoms with Gasteiger partial charge in [0.2, 0.25) is 5.91 Å². The molecule has 0 aromatic carbocycles. The van der Waals surface area contributed by atoms with Gasteiger partial charge in [-0.2, -0.15) is 5.10 Å². The fraction of sp³-hybridized carbons (Fsp3) is 0.154. The van der Waals surface area contributed by atoms with Crippen molar-refractivity contribution in [3.8, 4) is 0 Å². The van der Waals surface area contributed by atoms with E-state index in [1.54, 1.807) is 25.4 Å². The van der Waals surface area contributed by atoms with Crippen molar-refractivity contribution in [3.05, 3.63) is 47.4 Å². The number of pyridine rings is 1. The van der Waals surface area contributed by atoms with Gasteiger partial charge in [0, 0.05) is 13.2 Å². The quantitative estimate of drug-likeness (QED) is 0.739. The standard InChI is InChI=1S/C13H12N6O2/c1-18-12-10(6-16-18)13(21)19(8-15-12)7-11(20)17-9-3-2-4-14-5-9/h2-6,8H,7H2,1H3,(H,17,20). The van der Waals surface area contributed by atoms with Crippen molar-refractivity contribution < 1.29 is 4.79 Å². The van der Waals surface area contributed by atoms with Crippen LogP contribution in [0.2, 0.25) is 0 Å². The summed E-state index contributed by atoms with van der Waals surface area (Å²) in [5, 5.41) is 7.02. The summed E-state index contributed by atoms with van der Waals surface area (Å²) in [6.45, 7) is -0.119. The van der Waals surface area contributed by atoms with Gasteiger partial charge in [-0.15, -0.1) is 0 Å². The molecule has 0 fully saturated rings. The van der Waals surface area contributed by atoms with Gasteiger partial charge in [0.15, 0.2) is 5.65 Å². The van der Waals surface area contributed by atoms with Crippen LogP contribution < -0.4 is 10.9 Å². The summed E-state index contributed by atoms with van der Waals surface area (Å²) in [5.41, 5.74) is 0.768. The molecule has 8 nitrogen and oxygen atoms in total. The van der Waals surface area contributed by atoms with Gasteiger partial charge in [-0.3, -0.25) is 23.8 Å². The highest BCUT2D eigenvalue weighted by molar-refractivity contribution is 5.90. The molecule has 0 aliphatic heterocycles. The number of aryl methyl sites for hydroxylation is 1. The van der Waals surface area contributed by atoms with Gasteiger partial charge in [-0.05, 0) is 12.1 Å². The highest BCUT2D eigenvalue weighted by Crippen LogP contribution is 2.04. The van der Waals surface area contributed by atoms with Gasteiger partial charge < -0.3 is 5.32 Å². The summed E-state index contributed by atoms with van der Waals surface area (Å²) >= 11 is 0. The van der Waals surface area contributed by atoms with Gasteiger partial charge in [0.25, 0.3) is 5.56 Å². The molecule has 1 N–H and O–H groups in total. The monoisotopic (exact) mass is 284 g/mol. The Kier molecular flexibility index (Phi) is 3.19. The molecule has 0 aliphatic rings. The molecule has 0 unspecified atom stereocenters. The molecule has 0 atom stereocenters. The maximum Gasteiger partial charge on any atom is 0.264 e. The summed E-state index contributed by atoms with van der Waals surface area (Å²) in [6.07, 6.45) is 5.93. The lowest BCUT2D eigenvalue weighted by Gasteiger charge is -2.06. The van der Waals surface area contributed by atoms with Crippen molar-refractivity contribution in [1.29, 1.82) is 0 Å². The van der Waals surface area contributed by atoms with Gasteiger partial charge in [0.05, 0.1) is 18.1 Å². The van der Waals surface area contributed by atoms with E-state index < -0.39 is 0 Å². The van der Waals surface area contributed by atoms with Crippen LogP contribution >= 0.6 is 0 Å². The van der Waals surface area contributed by atoms with E-state index in [1.807, 2.05) is 0 Å². The van der Waals surface area contributed by atoms with Crippen LogP contribution in [0, 0.1) is 0 Å². The molecule has 8 heteroatoms. The van der Waals surface area contributed by atoms with E-state index in [2.05, 4.69) is 20.4 Å².